The zero-order valence-corrected chi connectivity index (χ0v) is 33.5. The highest BCUT2D eigenvalue weighted by Crippen LogP contribution is 2.25. The topological polar surface area (TPSA) is 285 Å². The van der Waals surface area contributed by atoms with E-state index in [1.807, 2.05) is 4.72 Å². The fourth-order valence-corrected chi connectivity index (χ4v) is 7.69. The smallest absolute Gasteiger partial charge is 0.257 e. The standard InChI is InChI=1S/C19H21N3O5S.C18H21N3O6S2/c1-26-17-6-3-13(11-15(17)20)5-8-19(23)22-28(24,25)10-9-14-4-7-18(27-2)16(21)12-14;1-26-17-5-3-13(11-15(17)19)7-9-28(22,23)21-29(24,25)10-8-14-4-6-18(27-2)16(20)12-14/h3-12H,20-21H2,1-2H3,(H,22,23);3-12,21H,19-20H2,1-2H3/b8-5+,10-9+;9-7-,10-8+. The van der Waals surface area contributed by atoms with Crippen LogP contribution in [-0.2, 0) is 34.9 Å². The molecule has 304 valence electrons. The molecule has 17 nitrogen and oxygen atoms in total. The fraction of sp³-hybridized carbons (Fsp3) is 0.108. The minimum absolute atomic E-state index is 0.314. The molecule has 0 unspecified atom stereocenters. The van der Waals surface area contributed by atoms with Gasteiger partial charge < -0.3 is 41.9 Å². The summed E-state index contributed by atoms with van der Waals surface area (Å²) in [7, 11) is -6.65. The molecule has 0 aliphatic heterocycles. The molecule has 4 aromatic carbocycles. The van der Waals surface area contributed by atoms with Gasteiger partial charge in [-0.2, -0.15) is 0 Å². The third-order valence-corrected chi connectivity index (χ3v) is 11.1. The number of nitrogens with two attached hydrogens (primary N) is 4. The van der Waals surface area contributed by atoms with Crippen LogP contribution in [0.2, 0.25) is 0 Å². The first-order chi connectivity index (χ1) is 26.8. The maximum absolute atomic E-state index is 12.1. The summed E-state index contributed by atoms with van der Waals surface area (Å²) in [5, 5.41) is 2.33. The Hall–Kier alpha value is -6.48. The Morgan fingerprint density at radius 2 is 0.754 bits per heavy atom. The summed E-state index contributed by atoms with van der Waals surface area (Å²) in [5.41, 5.74) is 26.5. The molecule has 0 spiro atoms. The summed E-state index contributed by atoms with van der Waals surface area (Å²) >= 11 is 0. The van der Waals surface area contributed by atoms with Crippen molar-refractivity contribution in [2.24, 2.45) is 0 Å². The zero-order chi connectivity index (χ0) is 42.4. The Morgan fingerprint density at radius 3 is 1.04 bits per heavy atom. The van der Waals surface area contributed by atoms with E-state index in [4.69, 9.17) is 41.9 Å². The van der Waals surface area contributed by atoms with Crippen molar-refractivity contribution in [1.82, 2.24) is 8.85 Å². The number of benzene rings is 4. The summed E-state index contributed by atoms with van der Waals surface area (Å²) in [6.07, 6.45) is 6.27. The van der Waals surface area contributed by atoms with E-state index in [1.54, 1.807) is 64.8 Å². The van der Waals surface area contributed by atoms with Gasteiger partial charge in [0.2, 0.25) is 20.0 Å². The molecule has 0 atom stereocenters. The van der Waals surface area contributed by atoms with E-state index < -0.39 is 36.0 Å². The van der Waals surface area contributed by atoms with Gasteiger partial charge in [0.05, 0.1) is 56.6 Å². The van der Waals surface area contributed by atoms with Crippen LogP contribution in [0.4, 0.5) is 22.7 Å². The number of anilines is 4. The van der Waals surface area contributed by atoms with Crippen molar-refractivity contribution >= 4 is 83.0 Å². The Labute approximate surface area is 331 Å². The largest absolute Gasteiger partial charge is 0.495 e. The van der Waals surface area contributed by atoms with Crippen LogP contribution in [0, 0.1) is 0 Å². The third-order valence-electron chi connectivity index (χ3n) is 7.24. The first-order valence-electron chi connectivity index (χ1n) is 16.1. The molecular formula is C37H42N6O11S3. The van der Waals surface area contributed by atoms with E-state index in [9.17, 15) is 30.0 Å². The lowest BCUT2D eigenvalue weighted by Crippen LogP contribution is -2.26. The van der Waals surface area contributed by atoms with Crippen LogP contribution < -0.4 is 50.7 Å². The Morgan fingerprint density at radius 1 is 0.474 bits per heavy atom. The molecule has 20 heteroatoms. The SMILES string of the molecule is COc1ccc(/C=C/C(=O)NS(=O)(=O)/C=C/c2ccc(OC)c(N)c2)cc1N.COc1ccc(/C=C\S(=O)(=O)NS(=O)(=O)/C=C/c2ccc(OC)c(N)c2)cc1N. The van der Waals surface area contributed by atoms with Crippen LogP contribution >= 0.6 is 0 Å². The zero-order valence-electron chi connectivity index (χ0n) is 31.1. The lowest BCUT2D eigenvalue weighted by atomic mass is 10.2. The molecule has 57 heavy (non-hydrogen) atoms. The number of sulfonamides is 3. The van der Waals surface area contributed by atoms with Crippen LogP contribution in [0.25, 0.3) is 24.3 Å². The summed E-state index contributed by atoms with van der Waals surface area (Å²) in [5.74, 6) is 1.07. The van der Waals surface area contributed by atoms with E-state index in [0.717, 1.165) is 22.3 Å². The van der Waals surface area contributed by atoms with Crippen molar-refractivity contribution in [3.8, 4) is 23.0 Å². The van der Waals surface area contributed by atoms with E-state index in [1.165, 1.54) is 64.9 Å². The highest BCUT2D eigenvalue weighted by molar-refractivity contribution is 8.07. The molecule has 10 N–H and O–H groups in total. The number of carbonyl (C=O) groups is 1. The first kappa shape index (κ1) is 44.9. The van der Waals surface area contributed by atoms with Gasteiger partial charge in [-0.3, -0.25) is 4.79 Å². The highest BCUT2D eigenvalue weighted by atomic mass is 32.3. The maximum atomic E-state index is 12.1. The minimum atomic E-state index is -4.28. The molecule has 0 saturated carbocycles. The number of hydrogen-bond donors (Lipinski definition) is 6. The second-order valence-electron chi connectivity index (χ2n) is 11.4. The van der Waals surface area contributed by atoms with E-state index in [-0.39, 0.29) is 0 Å². The van der Waals surface area contributed by atoms with Crippen LogP contribution in [0.3, 0.4) is 0 Å². The number of methoxy groups -OCH3 is 4. The van der Waals surface area contributed by atoms with Crippen LogP contribution in [-0.4, -0.2) is 59.6 Å². The quantitative estimate of drug-likeness (QED) is 0.0734. The number of amides is 1. The maximum Gasteiger partial charge on any atom is 0.257 e. The van der Waals surface area contributed by atoms with Crippen molar-refractivity contribution in [2.45, 2.75) is 0 Å². The van der Waals surface area contributed by atoms with Crippen LogP contribution in [0.1, 0.15) is 22.3 Å². The number of ether oxygens (including phenoxy) is 4. The lowest BCUT2D eigenvalue weighted by molar-refractivity contribution is -0.114. The van der Waals surface area contributed by atoms with E-state index >= 15 is 0 Å². The Kier molecular flexibility index (Phi) is 15.7. The second kappa shape index (κ2) is 19.9. The number of hydrogen-bond acceptors (Lipinski definition) is 15. The van der Waals surface area contributed by atoms with E-state index in [2.05, 4.69) is 0 Å². The summed E-state index contributed by atoms with van der Waals surface area (Å²) in [6, 6.07) is 19.0. The predicted molar refractivity (Wildman–Crippen MR) is 224 cm³/mol. The molecule has 0 bridgehead atoms. The third kappa shape index (κ3) is 14.6. The van der Waals surface area contributed by atoms with Gasteiger partial charge >= 0.3 is 0 Å². The Bertz CT molecular complexity index is 2450. The highest BCUT2D eigenvalue weighted by Gasteiger charge is 2.16. The Balaban J connectivity index is 0.000000306. The molecule has 0 radical (unpaired) electrons. The molecule has 4 rings (SSSR count). The fourth-order valence-electron chi connectivity index (χ4n) is 4.53. The minimum Gasteiger partial charge on any atom is -0.495 e. The lowest BCUT2D eigenvalue weighted by Gasteiger charge is -2.05. The predicted octanol–water partition coefficient (Wildman–Crippen LogP) is 3.76. The van der Waals surface area contributed by atoms with Gasteiger partial charge in [-0.15, -0.1) is 4.13 Å². The summed E-state index contributed by atoms with van der Waals surface area (Å²) in [4.78, 5) is 11.9. The molecule has 0 aliphatic carbocycles. The summed E-state index contributed by atoms with van der Waals surface area (Å²) < 4.78 is 96.0. The number of nitrogens with one attached hydrogen (secondary N) is 2. The molecule has 4 aromatic rings. The van der Waals surface area contributed by atoms with Gasteiger partial charge in [0.1, 0.15) is 23.0 Å². The van der Waals surface area contributed by atoms with Crippen molar-refractivity contribution in [2.75, 3.05) is 51.4 Å². The second-order valence-corrected chi connectivity index (χ2v) is 16.4. The number of nitrogen functional groups attached to an aromatic ring is 4. The van der Waals surface area contributed by atoms with Crippen LogP contribution in [0.15, 0.2) is 95.1 Å². The molecule has 0 fully saturated rings. The van der Waals surface area contributed by atoms with Gasteiger partial charge in [-0.05, 0) is 95.1 Å². The van der Waals surface area contributed by atoms with Gasteiger partial charge in [0.15, 0.2) is 0 Å². The number of carbonyl (C=O) groups excluding carboxylic acids is 1. The van der Waals surface area contributed by atoms with Crippen molar-refractivity contribution in [3.05, 3.63) is 117 Å². The van der Waals surface area contributed by atoms with Crippen molar-refractivity contribution in [1.29, 1.82) is 0 Å². The molecule has 0 aliphatic rings. The van der Waals surface area contributed by atoms with Gasteiger partial charge in [0, 0.05) is 16.9 Å². The molecule has 0 saturated heterocycles. The molecule has 0 aromatic heterocycles. The van der Waals surface area contributed by atoms with Gasteiger partial charge in [-0.1, -0.05) is 24.3 Å². The van der Waals surface area contributed by atoms with E-state index in [0.29, 0.717) is 68.0 Å². The normalized spacial score (nSPS) is 12.1. The average molecular weight is 843 g/mol. The first-order valence-corrected chi connectivity index (χ1v) is 20.7. The monoisotopic (exact) mass is 842 g/mol. The van der Waals surface area contributed by atoms with Gasteiger partial charge in [0.25, 0.3) is 15.9 Å². The number of rotatable bonds is 15. The van der Waals surface area contributed by atoms with Crippen LogP contribution in [0.5, 0.6) is 23.0 Å². The van der Waals surface area contributed by atoms with Crippen molar-refractivity contribution < 1.29 is 49.0 Å². The van der Waals surface area contributed by atoms with Gasteiger partial charge in [-0.25, -0.2) is 30.0 Å². The molecular weight excluding hydrogens is 801 g/mol. The molecule has 0 heterocycles. The summed E-state index contributed by atoms with van der Waals surface area (Å²) in [6.45, 7) is 0. The molecule has 1 amide bonds. The van der Waals surface area contributed by atoms with Crippen molar-refractivity contribution in [3.63, 3.8) is 0 Å². The average Bonchev–Trinajstić information content (AvgIpc) is 3.14.